The maximum absolute atomic E-state index is 15.0. The third-order valence-corrected chi connectivity index (χ3v) is 8.18. The van der Waals surface area contributed by atoms with Gasteiger partial charge in [-0.3, -0.25) is 9.18 Å². The van der Waals surface area contributed by atoms with Crippen LogP contribution in [0.2, 0.25) is 0 Å². The van der Waals surface area contributed by atoms with Crippen molar-refractivity contribution in [3.8, 4) is 0 Å². The van der Waals surface area contributed by atoms with Gasteiger partial charge in [-0.15, -0.1) is 0 Å². The van der Waals surface area contributed by atoms with Crippen LogP contribution < -0.4 is 21.7 Å². The Balaban J connectivity index is 1.76. The minimum absolute atomic E-state index is 0.0274. The van der Waals surface area contributed by atoms with E-state index in [0.717, 1.165) is 38.1 Å². The average molecular weight is 581 g/mol. The van der Waals surface area contributed by atoms with Crippen molar-refractivity contribution in [3.05, 3.63) is 65.2 Å². The average Bonchev–Trinajstić information content (AvgIpc) is 3.19. The summed E-state index contributed by atoms with van der Waals surface area (Å²) < 4.78 is 47.5. The fraction of sp³-hybridized carbons (Fsp3) is 0.567. The number of carbonyl (C=O) groups excluding carboxylic acids is 1. The summed E-state index contributed by atoms with van der Waals surface area (Å²) in [5.74, 6) is -0.519. The molecule has 3 unspecified atom stereocenters. The number of benzene rings is 2. The van der Waals surface area contributed by atoms with Gasteiger partial charge in [0, 0.05) is 42.4 Å². The van der Waals surface area contributed by atoms with Crippen molar-refractivity contribution >= 4 is 24.2 Å². The number of ether oxygens (including phenoxy) is 1. The standard InChI is InChI=1S/C30H43F3N4O2S/c1-39-20-30(15-4-16-31,21-8-10-22(32)11-9-21)28(34)29(38)37-27-7-2-6-26(33)25(27)13-12-23-14-17-35-24(19-36-23)5-3-18-40/h2,6-11,23-24,28,35-36,40H,3-5,12-20,34H2,1H3,(H,37,38)/t23?,24?,28-,30?/m1/s1. The summed E-state index contributed by atoms with van der Waals surface area (Å²) in [4.78, 5) is 13.6. The Bertz CT molecular complexity index is 1060. The molecule has 1 amide bonds. The molecule has 1 aliphatic rings. The number of nitrogens with two attached hydrogens (primary N) is 1. The summed E-state index contributed by atoms with van der Waals surface area (Å²) >= 11 is 4.30. The summed E-state index contributed by atoms with van der Waals surface area (Å²) in [5.41, 5.74) is 6.80. The van der Waals surface area contributed by atoms with Gasteiger partial charge in [0.25, 0.3) is 0 Å². The Morgan fingerprint density at radius 2 is 1.93 bits per heavy atom. The molecule has 4 atom stereocenters. The zero-order valence-electron chi connectivity index (χ0n) is 23.2. The molecule has 1 fully saturated rings. The maximum Gasteiger partial charge on any atom is 0.242 e. The lowest BCUT2D eigenvalue weighted by Gasteiger charge is -2.38. The molecule has 0 radical (unpaired) electrons. The van der Waals surface area contributed by atoms with E-state index in [0.29, 0.717) is 35.7 Å². The second-order valence-electron chi connectivity index (χ2n) is 10.6. The highest BCUT2D eigenvalue weighted by molar-refractivity contribution is 7.80. The second-order valence-corrected chi connectivity index (χ2v) is 11.0. The minimum atomic E-state index is -1.16. The van der Waals surface area contributed by atoms with Crippen molar-refractivity contribution < 1.29 is 22.7 Å². The molecular weight excluding hydrogens is 537 g/mol. The van der Waals surface area contributed by atoms with Crippen LogP contribution in [0.25, 0.3) is 0 Å². The number of hydrogen-bond acceptors (Lipinski definition) is 6. The predicted molar refractivity (Wildman–Crippen MR) is 158 cm³/mol. The van der Waals surface area contributed by atoms with Crippen molar-refractivity contribution in [2.24, 2.45) is 5.73 Å². The van der Waals surface area contributed by atoms with Crippen LogP contribution in [-0.2, 0) is 21.4 Å². The molecule has 0 aliphatic carbocycles. The van der Waals surface area contributed by atoms with Crippen LogP contribution >= 0.6 is 12.6 Å². The Hall–Kier alpha value is -2.11. The highest BCUT2D eigenvalue weighted by Gasteiger charge is 2.42. The van der Waals surface area contributed by atoms with E-state index in [1.54, 1.807) is 24.3 Å². The molecule has 1 aliphatic heterocycles. The van der Waals surface area contributed by atoms with Gasteiger partial charge in [-0.2, -0.15) is 12.6 Å². The number of hydrogen-bond donors (Lipinski definition) is 5. The molecule has 0 spiro atoms. The Kier molecular flexibility index (Phi) is 13.3. The highest BCUT2D eigenvalue weighted by atomic mass is 32.1. The van der Waals surface area contributed by atoms with Crippen molar-refractivity contribution in [2.45, 2.75) is 68.5 Å². The van der Waals surface area contributed by atoms with E-state index in [1.165, 1.54) is 25.3 Å². The van der Waals surface area contributed by atoms with E-state index in [4.69, 9.17) is 10.5 Å². The molecular formula is C30H43F3N4O2S. The molecule has 0 aromatic heterocycles. The smallest absolute Gasteiger partial charge is 0.242 e. The van der Waals surface area contributed by atoms with Gasteiger partial charge in [0.1, 0.15) is 11.6 Å². The molecule has 6 nitrogen and oxygen atoms in total. The van der Waals surface area contributed by atoms with Crippen LogP contribution in [-0.4, -0.2) is 63.3 Å². The molecule has 5 N–H and O–H groups in total. The highest BCUT2D eigenvalue weighted by Crippen LogP contribution is 2.34. The van der Waals surface area contributed by atoms with Gasteiger partial charge in [-0.05, 0) is 87.1 Å². The third-order valence-electron chi connectivity index (χ3n) is 7.86. The molecule has 1 saturated heterocycles. The Morgan fingerprint density at radius 3 is 2.62 bits per heavy atom. The van der Waals surface area contributed by atoms with Gasteiger partial charge in [0.15, 0.2) is 0 Å². The van der Waals surface area contributed by atoms with Crippen molar-refractivity contribution in [1.82, 2.24) is 10.6 Å². The second kappa shape index (κ2) is 16.4. The number of alkyl halides is 1. The SMILES string of the molecule is COCC(CCCF)(c1ccc(F)cc1)[C@H](N)C(=O)Nc1cccc(F)c1CCC1CCNC(CCCS)CN1. The van der Waals surface area contributed by atoms with E-state index in [9.17, 15) is 13.6 Å². The van der Waals surface area contributed by atoms with Crippen LogP contribution in [0.4, 0.5) is 18.9 Å². The van der Waals surface area contributed by atoms with Crippen LogP contribution in [0.1, 0.15) is 49.7 Å². The van der Waals surface area contributed by atoms with Gasteiger partial charge in [0.05, 0.1) is 19.3 Å². The summed E-state index contributed by atoms with van der Waals surface area (Å²) in [6, 6.07) is 9.70. The van der Waals surface area contributed by atoms with Crippen LogP contribution in [0.15, 0.2) is 42.5 Å². The third kappa shape index (κ3) is 8.69. The van der Waals surface area contributed by atoms with Gasteiger partial charge in [-0.25, -0.2) is 8.78 Å². The number of amides is 1. The van der Waals surface area contributed by atoms with Crippen molar-refractivity contribution in [1.29, 1.82) is 0 Å². The molecule has 40 heavy (non-hydrogen) atoms. The lowest BCUT2D eigenvalue weighted by Crippen LogP contribution is -2.55. The number of nitrogens with one attached hydrogen (secondary N) is 3. The monoisotopic (exact) mass is 580 g/mol. The van der Waals surface area contributed by atoms with Crippen molar-refractivity contribution in [3.63, 3.8) is 0 Å². The lowest BCUT2D eigenvalue weighted by atomic mass is 9.71. The molecule has 3 rings (SSSR count). The normalized spacial score (nSPS) is 19.9. The molecule has 222 valence electrons. The first kappa shape index (κ1) is 32.4. The first-order valence-electron chi connectivity index (χ1n) is 14.1. The first-order valence-corrected chi connectivity index (χ1v) is 14.7. The maximum atomic E-state index is 15.0. The number of halogens is 3. The summed E-state index contributed by atoms with van der Waals surface area (Å²) in [5, 5.41) is 10.00. The fourth-order valence-corrected chi connectivity index (χ4v) is 5.77. The Morgan fingerprint density at radius 1 is 1.15 bits per heavy atom. The molecule has 1 heterocycles. The quantitative estimate of drug-likeness (QED) is 0.200. The summed E-state index contributed by atoms with van der Waals surface area (Å²) in [6.45, 7) is 1.15. The predicted octanol–water partition coefficient (Wildman–Crippen LogP) is 4.53. The lowest BCUT2D eigenvalue weighted by molar-refractivity contribution is -0.119. The van der Waals surface area contributed by atoms with Gasteiger partial charge >= 0.3 is 0 Å². The topological polar surface area (TPSA) is 88.4 Å². The molecule has 0 saturated carbocycles. The molecule has 0 bridgehead atoms. The molecule has 2 aromatic carbocycles. The summed E-state index contributed by atoms with van der Waals surface area (Å²) in [6.07, 6.45) is 4.52. The number of rotatable bonds is 15. The number of methoxy groups -OCH3 is 1. The number of thiol groups is 1. The zero-order chi connectivity index (χ0) is 29.0. The number of anilines is 1. The van der Waals surface area contributed by atoms with E-state index >= 15 is 4.39 Å². The van der Waals surface area contributed by atoms with E-state index in [1.807, 2.05) is 0 Å². The minimum Gasteiger partial charge on any atom is -0.384 e. The zero-order valence-corrected chi connectivity index (χ0v) is 24.1. The molecule has 2 aromatic rings. The van der Waals surface area contributed by atoms with Gasteiger partial charge in [0.2, 0.25) is 5.91 Å². The van der Waals surface area contributed by atoms with E-state index in [-0.39, 0.29) is 25.5 Å². The van der Waals surface area contributed by atoms with Crippen LogP contribution in [0.5, 0.6) is 0 Å². The largest absolute Gasteiger partial charge is 0.384 e. The first-order chi connectivity index (χ1) is 19.3. The number of carbonyl (C=O) groups is 1. The van der Waals surface area contributed by atoms with Crippen LogP contribution in [0, 0.1) is 11.6 Å². The fourth-order valence-electron chi connectivity index (χ4n) is 5.59. The van der Waals surface area contributed by atoms with Crippen LogP contribution in [0.3, 0.4) is 0 Å². The van der Waals surface area contributed by atoms with Gasteiger partial charge < -0.3 is 26.4 Å². The molecule has 10 heteroatoms. The Labute approximate surface area is 241 Å². The van der Waals surface area contributed by atoms with E-state index < -0.39 is 35.7 Å². The summed E-state index contributed by atoms with van der Waals surface area (Å²) in [7, 11) is 1.47. The van der Waals surface area contributed by atoms with Gasteiger partial charge in [-0.1, -0.05) is 18.2 Å². The van der Waals surface area contributed by atoms with Crippen molar-refractivity contribution in [2.75, 3.05) is 44.6 Å². The van der Waals surface area contributed by atoms with E-state index in [2.05, 4.69) is 28.6 Å².